The Morgan fingerprint density at radius 1 is 1.36 bits per heavy atom. The van der Waals surface area contributed by atoms with Crippen LogP contribution in [0.5, 0.6) is 0 Å². The maximum atomic E-state index is 12.1. The Hall–Kier alpha value is -2.55. The van der Waals surface area contributed by atoms with Gasteiger partial charge in [-0.2, -0.15) is 10.1 Å². The molecular formula is C16H21N5O4. The molecule has 0 aromatic carbocycles. The number of ether oxygens (including phenoxy) is 1. The molecule has 1 fully saturated rings. The normalized spacial score (nSPS) is 17.0. The number of rotatable bonds is 6. The minimum atomic E-state index is -0.246. The Labute approximate surface area is 144 Å². The first-order chi connectivity index (χ1) is 12.0. The lowest BCUT2D eigenvalue weighted by Gasteiger charge is -2.05. The number of hydrogen-bond acceptors (Lipinski definition) is 7. The van der Waals surface area contributed by atoms with Crippen LogP contribution in [-0.2, 0) is 22.6 Å². The molecule has 9 nitrogen and oxygen atoms in total. The highest BCUT2D eigenvalue weighted by Crippen LogP contribution is 2.26. The molecule has 3 rings (SSSR count). The minimum absolute atomic E-state index is 0.0242. The van der Waals surface area contributed by atoms with Gasteiger partial charge in [-0.15, -0.1) is 0 Å². The van der Waals surface area contributed by atoms with Crippen LogP contribution in [0.15, 0.2) is 4.52 Å². The van der Waals surface area contributed by atoms with Crippen molar-refractivity contribution in [3.63, 3.8) is 0 Å². The second kappa shape index (κ2) is 7.14. The number of Topliss-reactive ketones (excluding diaryl/α,β-unsaturated/α-hetero) is 1. The molecule has 1 amide bonds. The molecule has 0 unspecified atom stereocenters. The van der Waals surface area contributed by atoms with Crippen LogP contribution in [0.1, 0.15) is 59.3 Å². The van der Waals surface area contributed by atoms with E-state index in [-0.39, 0.29) is 30.9 Å². The van der Waals surface area contributed by atoms with E-state index in [0.29, 0.717) is 35.3 Å². The van der Waals surface area contributed by atoms with E-state index in [4.69, 9.17) is 9.26 Å². The van der Waals surface area contributed by atoms with E-state index in [2.05, 4.69) is 20.6 Å². The number of carbonyl (C=O) groups is 2. The van der Waals surface area contributed by atoms with E-state index in [0.717, 1.165) is 12.8 Å². The summed E-state index contributed by atoms with van der Waals surface area (Å²) in [7, 11) is 0. The second-order valence-corrected chi connectivity index (χ2v) is 6.09. The monoisotopic (exact) mass is 347 g/mol. The van der Waals surface area contributed by atoms with Gasteiger partial charge >= 0.3 is 0 Å². The van der Waals surface area contributed by atoms with Crippen LogP contribution in [0.2, 0.25) is 0 Å². The van der Waals surface area contributed by atoms with Gasteiger partial charge in [-0.05, 0) is 33.6 Å². The molecule has 0 saturated carbocycles. The van der Waals surface area contributed by atoms with Crippen LogP contribution in [-0.4, -0.2) is 38.2 Å². The number of carbonyl (C=O) groups excluding carboxylic acids is 2. The summed E-state index contributed by atoms with van der Waals surface area (Å²) in [6.45, 7) is 5.90. The number of amides is 1. The largest absolute Gasteiger partial charge is 0.368 e. The lowest BCUT2D eigenvalue weighted by molar-refractivity contribution is -0.122. The van der Waals surface area contributed by atoms with Crippen molar-refractivity contribution in [1.29, 1.82) is 0 Å². The van der Waals surface area contributed by atoms with Gasteiger partial charge in [-0.25, -0.2) is 0 Å². The molecule has 0 bridgehead atoms. The molecular weight excluding hydrogens is 326 g/mol. The molecule has 2 aromatic rings. The molecule has 1 N–H and O–H groups in total. The van der Waals surface area contributed by atoms with Crippen molar-refractivity contribution in [2.75, 3.05) is 6.61 Å². The van der Waals surface area contributed by atoms with Gasteiger partial charge in [0.2, 0.25) is 5.91 Å². The summed E-state index contributed by atoms with van der Waals surface area (Å²) in [5.74, 6) is 0.544. The number of ketones is 1. The van der Waals surface area contributed by atoms with Crippen molar-refractivity contribution in [3.8, 4) is 0 Å². The predicted molar refractivity (Wildman–Crippen MR) is 85.8 cm³/mol. The molecule has 1 saturated heterocycles. The SMILES string of the molecule is CC(=O)c1c(C)nn(CC(=O)NCc2noc([C@@H]3CCCO3)n2)c1C. The first-order valence-electron chi connectivity index (χ1n) is 8.21. The first-order valence-corrected chi connectivity index (χ1v) is 8.21. The molecule has 0 spiro atoms. The van der Waals surface area contributed by atoms with Crippen LogP contribution < -0.4 is 5.32 Å². The summed E-state index contributed by atoms with van der Waals surface area (Å²) in [4.78, 5) is 28.0. The van der Waals surface area contributed by atoms with Crippen molar-refractivity contribution in [1.82, 2.24) is 25.2 Å². The lowest BCUT2D eigenvalue weighted by Crippen LogP contribution is -2.28. The first kappa shape index (κ1) is 17.3. The molecule has 25 heavy (non-hydrogen) atoms. The van der Waals surface area contributed by atoms with Gasteiger partial charge in [0, 0.05) is 12.3 Å². The fraction of sp³-hybridized carbons (Fsp3) is 0.562. The zero-order chi connectivity index (χ0) is 18.0. The third-order valence-electron chi connectivity index (χ3n) is 4.16. The van der Waals surface area contributed by atoms with Crippen molar-refractivity contribution in [3.05, 3.63) is 28.7 Å². The Morgan fingerprint density at radius 3 is 2.80 bits per heavy atom. The number of aromatic nitrogens is 4. The van der Waals surface area contributed by atoms with Crippen molar-refractivity contribution >= 4 is 11.7 Å². The maximum absolute atomic E-state index is 12.1. The third kappa shape index (κ3) is 3.76. The summed E-state index contributed by atoms with van der Waals surface area (Å²) in [6, 6.07) is 0. The molecule has 9 heteroatoms. The van der Waals surface area contributed by atoms with Gasteiger partial charge in [-0.3, -0.25) is 14.3 Å². The van der Waals surface area contributed by atoms with E-state index in [1.165, 1.54) is 11.6 Å². The average molecular weight is 347 g/mol. The Balaban J connectivity index is 1.56. The van der Waals surface area contributed by atoms with E-state index in [1.54, 1.807) is 13.8 Å². The summed E-state index contributed by atoms with van der Waals surface area (Å²) in [5.41, 5.74) is 1.87. The third-order valence-corrected chi connectivity index (χ3v) is 4.16. The lowest BCUT2D eigenvalue weighted by atomic mass is 10.1. The average Bonchev–Trinajstić information content (AvgIpc) is 3.26. The van der Waals surface area contributed by atoms with E-state index >= 15 is 0 Å². The van der Waals surface area contributed by atoms with Gasteiger partial charge in [0.05, 0.1) is 17.8 Å². The standard InChI is InChI=1S/C16H21N5O4/c1-9-15(11(3)22)10(2)21(19-9)8-14(23)17-7-13-18-16(25-20-13)12-5-4-6-24-12/h12H,4-8H2,1-3H3,(H,17,23)/t12-/m0/s1. The van der Waals surface area contributed by atoms with Gasteiger partial charge in [0.1, 0.15) is 12.6 Å². The molecule has 1 aliphatic heterocycles. The summed E-state index contributed by atoms with van der Waals surface area (Å²) in [5, 5.41) is 10.8. The second-order valence-electron chi connectivity index (χ2n) is 6.09. The minimum Gasteiger partial charge on any atom is -0.368 e. The van der Waals surface area contributed by atoms with Crippen LogP contribution in [0.25, 0.3) is 0 Å². The maximum Gasteiger partial charge on any atom is 0.255 e. The molecule has 1 aliphatic rings. The van der Waals surface area contributed by atoms with Crippen LogP contribution in [0, 0.1) is 13.8 Å². The van der Waals surface area contributed by atoms with Crippen molar-refractivity contribution in [2.24, 2.45) is 0 Å². The number of nitrogens with one attached hydrogen (secondary N) is 1. The zero-order valence-corrected chi connectivity index (χ0v) is 14.5. The summed E-state index contributed by atoms with van der Waals surface area (Å²) >= 11 is 0. The number of nitrogens with zero attached hydrogens (tertiary/aromatic N) is 4. The zero-order valence-electron chi connectivity index (χ0n) is 14.5. The van der Waals surface area contributed by atoms with E-state index in [9.17, 15) is 9.59 Å². The Kier molecular flexibility index (Phi) is 4.93. The molecule has 2 aromatic heterocycles. The number of aryl methyl sites for hydroxylation is 1. The van der Waals surface area contributed by atoms with Crippen LogP contribution >= 0.6 is 0 Å². The molecule has 1 atom stereocenters. The topological polar surface area (TPSA) is 112 Å². The van der Waals surface area contributed by atoms with Crippen molar-refractivity contribution < 1.29 is 18.8 Å². The number of hydrogen-bond donors (Lipinski definition) is 1. The van der Waals surface area contributed by atoms with Crippen LogP contribution in [0.3, 0.4) is 0 Å². The van der Waals surface area contributed by atoms with E-state index < -0.39 is 0 Å². The summed E-state index contributed by atoms with van der Waals surface area (Å²) in [6.07, 6.45) is 1.70. The highest BCUT2D eigenvalue weighted by Gasteiger charge is 2.24. The molecule has 134 valence electrons. The molecule has 3 heterocycles. The highest BCUT2D eigenvalue weighted by molar-refractivity contribution is 5.96. The van der Waals surface area contributed by atoms with E-state index in [1.807, 2.05) is 0 Å². The van der Waals surface area contributed by atoms with Crippen LogP contribution in [0.4, 0.5) is 0 Å². The Bertz CT molecular complexity index is 789. The molecule has 0 aliphatic carbocycles. The predicted octanol–water partition coefficient (Wildman–Crippen LogP) is 1.25. The van der Waals surface area contributed by atoms with Gasteiger partial charge in [0.25, 0.3) is 5.89 Å². The fourth-order valence-electron chi connectivity index (χ4n) is 2.97. The van der Waals surface area contributed by atoms with Crippen molar-refractivity contribution in [2.45, 2.75) is 52.8 Å². The fourth-order valence-corrected chi connectivity index (χ4v) is 2.97. The van der Waals surface area contributed by atoms with Gasteiger partial charge in [-0.1, -0.05) is 5.16 Å². The van der Waals surface area contributed by atoms with Gasteiger partial charge in [0.15, 0.2) is 11.6 Å². The highest BCUT2D eigenvalue weighted by atomic mass is 16.5. The quantitative estimate of drug-likeness (QED) is 0.783. The summed E-state index contributed by atoms with van der Waals surface area (Å²) < 4.78 is 12.2. The Morgan fingerprint density at radius 2 is 2.16 bits per heavy atom. The smallest absolute Gasteiger partial charge is 0.255 e. The molecule has 0 radical (unpaired) electrons. The van der Waals surface area contributed by atoms with Gasteiger partial charge < -0.3 is 14.6 Å².